The monoisotopic (exact) mass is 331 g/mol. The quantitative estimate of drug-likeness (QED) is 0.868. The molecule has 5 heteroatoms. The molecule has 1 aliphatic heterocycles. The molecule has 0 aromatic heterocycles. The first-order valence-electron chi connectivity index (χ1n) is 7.08. The van der Waals surface area contributed by atoms with Crippen LogP contribution in [0.4, 0.5) is 0 Å². The Morgan fingerprint density at radius 3 is 2.85 bits per heavy atom. The summed E-state index contributed by atoms with van der Waals surface area (Å²) in [5.74, 6) is 0.805. The summed E-state index contributed by atoms with van der Waals surface area (Å²) in [7, 11) is 0. The smallest absolute Gasteiger partial charge is 0.142 e. The van der Waals surface area contributed by atoms with Crippen LogP contribution in [0.15, 0.2) is 12.1 Å². The molecule has 1 aliphatic carbocycles. The van der Waals surface area contributed by atoms with E-state index in [2.05, 4.69) is 11.6 Å². The van der Waals surface area contributed by atoms with Gasteiger partial charge in [0, 0.05) is 34.3 Å². The number of fused-ring (bicyclic) bond motifs is 1. The summed E-state index contributed by atoms with van der Waals surface area (Å²) in [5.41, 5.74) is 1.11. The second-order valence-electron chi connectivity index (χ2n) is 5.53. The van der Waals surface area contributed by atoms with Gasteiger partial charge in [-0.05, 0) is 37.7 Å². The van der Waals surface area contributed by atoms with Crippen molar-refractivity contribution in [2.24, 2.45) is 0 Å². The highest BCUT2D eigenvalue weighted by Crippen LogP contribution is 2.41. The Balaban J connectivity index is 1.77. The minimum absolute atomic E-state index is 0.306. The molecule has 2 aliphatic rings. The van der Waals surface area contributed by atoms with E-state index in [1.165, 1.54) is 19.3 Å². The third kappa shape index (κ3) is 3.06. The summed E-state index contributed by atoms with van der Waals surface area (Å²) in [6.07, 6.45) is 7.00. The van der Waals surface area contributed by atoms with E-state index in [9.17, 15) is 0 Å². The zero-order valence-electron chi connectivity index (χ0n) is 11.5. The Morgan fingerprint density at radius 2 is 2.10 bits per heavy atom. The molecule has 110 valence electrons. The van der Waals surface area contributed by atoms with Crippen LogP contribution in [0.2, 0.25) is 10.0 Å². The summed E-state index contributed by atoms with van der Waals surface area (Å²) in [5, 5.41) is 5.88. The molecule has 3 unspecified atom stereocenters. The molecule has 3 rings (SSSR count). The molecule has 1 aromatic carbocycles. The molecule has 0 amide bonds. The van der Waals surface area contributed by atoms with Crippen LogP contribution >= 0.6 is 35.0 Å². The molecule has 1 saturated carbocycles. The predicted octanol–water partition coefficient (Wildman–Crippen LogP) is 4.69. The number of benzene rings is 1. The normalized spacial score (nSPS) is 29.1. The molecule has 3 atom stereocenters. The van der Waals surface area contributed by atoms with E-state index in [1.807, 2.05) is 17.8 Å². The number of nitrogens with one attached hydrogen (secondary N) is 1. The first-order chi connectivity index (χ1) is 9.67. The van der Waals surface area contributed by atoms with Gasteiger partial charge >= 0.3 is 0 Å². The summed E-state index contributed by atoms with van der Waals surface area (Å²) >= 11 is 14.4. The van der Waals surface area contributed by atoms with Crippen molar-refractivity contribution in [1.29, 1.82) is 0 Å². The SMILES string of the molecule is CSC1CCC(NC2CCOc3c(Cl)cc(Cl)cc32)C1. The van der Waals surface area contributed by atoms with E-state index < -0.39 is 0 Å². The molecule has 1 heterocycles. The maximum absolute atomic E-state index is 6.23. The zero-order valence-corrected chi connectivity index (χ0v) is 13.8. The van der Waals surface area contributed by atoms with E-state index in [4.69, 9.17) is 27.9 Å². The van der Waals surface area contributed by atoms with Crippen molar-refractivity contribution in [3.05, 3.63) is 27.7 Å². The molecule has 1 N–H and O–H groups in total. The minimum atomic E-state index is 0.306. The topological polar surface area (TPSA) is 21.3 Å². The Bertz CT molecular complexity index is 497. The number of hydrogen-bond donors (Lipinski definition) is 1. The van der Waals surface area contributed by atoms with Gasteiger partial charge in [-0.3, -0.25) is 0 Å². The van der Waals surface area contributed by atoms with Gasteiger partial charge in [0.2, 0.25) is 0 Å². The van der Waals surface area contributed by atoms with Gasteiger partial charge in [0.1, 0.15) is 5.75 Å². The maximum Gasteiger partial charge on any atom is 0.142 e. The predicted molar refractivity (Wildman–Crippen MR) is 87.4 cm³/mol. The second-order valence-corrected chi connectivity index (χ2v) is 7.51. The van der Waals surface area contributed by atoms with Crippen LogP contribution in [0.5, 0.6) is 5.75 Å². The lowest BCUT2D eigenvalue weighted by atomic mass is 9.99. The highest BCUT2D eigenvalue weighted by Gasteiger charge is 2.30. The fourth-order valence-corrected chi connectivity index (χ4v) is 4.55. The van der Waals surface area contributed by atoms with Crippen molar-refractivity contribution in [3.63, 3.8) is 0 Å². The van der Waals surface area contributed by atoms with E-state index in [1.54, 1.807) is 6.07 Å². The van der Waals surface area contributed by atoms with Gasteiger partial charge in [0.05, 0.1) is 11.6 Å². The molecular formula is C15H19Cl2NOS. The van der Waals surface area contributed by atoms with Gasteiger partial charge in [0.25, 0.3) is 0 Å². The zero-order chi connectivity index (χ0) is 14.1. The Labute approximate surface area is 134 Å². The highest BCUT2D eigenvalue weighted by atomic mass is 35.5. The fraction of sp³-hybridized carbons (Fsp3) is 0.600. The van der Waals surface area contributed by atoms with Crippen molar-refractivity contribution in [3.8, 4) is 5.75 Å². The molecule has 1 aromatic rings. The average Bonchev–Trinajstić information content (AvgIpc) is 2.87. The van der Waals surface area contributed by atoms with Crippen LogP contribution in [-0.4, -0.2) is 24.2 Å². The minimum Gasteiger partial charge on any atom is -0.492 e. The van der Waals surface area contributed by atoms with Crippen molar-refractivity contribution < 1.29 is 4.74 Å². The van der Waals surface area contributed by atoms with E-state index in [0.29, 0.717) is 28.7 Å². The number of thioether (sulfide) groups is 1. The van der Waals surface area contributed by atoms with Gasteiger partial charge in [-0.15, -0.1) is 0 Å². The lowest BCUT2D eigenvalue weighted by molar-refractivity contribution is 0.244. The molecule has 2 nitrogen and oxygen atoms in total. The standard InChI is InChI=1S/C15H19Cl2NOS/c1-20-11-3-2-10(8-11)18-14-4-5-19-15-12(14)6-9(16)7-13(15)17/h6-7,10-11,14,18H,2-5,8H2,1H3. The van der Waals surface area contributed by atoms with Crippen molar-refractivity contribution in [2.45, 2.75) is 43.0 Å². The second kappa shape index (κ2) is 6.35. The molecule has 0 bridgehead atoms. The molecular weight excluding hydrogens is 313 g/mol. The van der Waals surface area contributed by atoms with Gasteiger partial charge < -0.3 is 10.1 Å². The average molecular weight is 332 g/mol. The van der Waals surface area contributed by atoms with Crippen LogP contribution < -0.4 is 10.1 Å². The molecule has 0 saturated heterocycles. The van der Waals surface area contributed by atoms with Crippen molar-refractivity contribution >= 4 is 35.0 Å². The lowest BCUT2D eigenvalue weighted by Crippen LogP contribution is -2.34. The van der Waals surface area contributed by atoms with Gasteiger partial charge in [-0.1, -0.05) is 23.2 Å². The summed E-state index contributed by atoms with van der Waals surface area (Å²) in [6.45, 7) is 0.713. The number of halogens is 2. The van der Waals surface area contributed by atoms with E-state index >= 15 is 0 Å². The molecule has 20 heavy (non-hydrogen) atoms. The summed E-state index contributed by atoms with van der Waals surface area (Å²) in [4.78, 5) is 0. The van der Waals surface area contributed by atoms with Crippen LogP contribution in [0.1, 0.15) is 37.3 Å². The van der Waals surface area contributed by atoms with Crippen molar-refractivity contribution in [1.82, 2.24) is 5.32 Å². The number of rotatable bonds is 3. The van der Waals surface area contributed by atoms with E-state index in [-0.39, 0.29) is 0 Å². The molecule has 1 fully saturated rings. The largest absolute Gasteiger partial charge is 0.492 e. The van der Waals surface area contributed by atoms with Crippen LogP contribution in [-0.2, 0) is 0 Å². The Morgan fingerprint density at radius 1 is 1.25 bits per heavy atom. The van der Waals surface area contributed by atoms with Crippen molar-refractivity contribution in [2.75, 3.05) is 12.9 Å². The Hall–Kier alpha value is -0.0900. The van der Waals surface area contributed by atoms with Gasteiger partial charge in [0.15, 0.2) is 0 Å². The highest BCUT2D eigenvalue weighted by molar-refractivity contribution is 7.99. The fourth-order valence-electron chi connectivity index (χ4n) is 3.19. The van der Waals surface area contributed by atoms with Gasteiger partial charge in [-0.25, -0.2) is 0 Å². The van der Waals surface area contributed by atoms with E-state index in [0.717, 1.165) is 23.0 Å². The third-order valence-corrected chi connectivity index (χ3v) is 5.81. The van der Waals surface area contributed by atoms with Crippen LogP contribution in [0.3, 0.4) is 0 Å². The third-order valence-electron chi connectivity index (χ3n) is 4.22. The molecule has 0 radical (unpaired) electrons. The van der Waals surface area contributed by atoms with Gasteiger partial charge in [-0.2, -0.15) is 11.8 Å². The molecule has 0 spiro atoms. The number of hydrogen-bond acceptors (Lipinski definition) is 3. The van der Waals surface area contributed by atoms with Crippen LogP contribution in [0.25, 0.3) is 0 Å². The summed E-state index contributed by atoms with van der Waals surface area (Å²) < 4.78 is 5.71. The number of ether oxygens (including phenoxy) is 1. The van der Waals surface area contributed by atoms with Crippen LogP contribution in [0, 0.1) is 0 Å². The first kappa shape index (κ1) is 14.8. The summed E-state index contributed by atoms with van der Waals surface area (Å²) in [6, 6.07) is 4.64. The Kier molecular flexibility index (Phi) is 4.71. The maximum atomic E-state index is 6.23. The first-order valence-corrected chi connectivity index (χ1v) is 9.12. The lowest BCUT2D eigenvalue weighted by Gasteiger charge is -2.30.